The maximum absolute atomic E-state index is 13.7. The lowest BCUT2D eigenvalue weighted by atomic mass is 10.1. The van der Waals surface area contributed by atoms with E-state index >= 15 is 0 Å². The lowest BCUT2D eigenvalue weighted by Crippen LogP contribution is -2.19. The molecule has 0 bridgehead atoms. The Morgan fingerprint density at radius 1 is 1.26 bits per heavy atom. The molecule has 1 aromatic carbocycles. The number of hydrogen-bond acceptors (Lipinski definition) is 2. The van der Waals surface area contributed by atoms with Crippen molar-refractivity contribution >= 4 is 17.3 Å². The molecule has 0 aliphatic rings. The Morgan fingerprint density at radius 2 is 2.00 bits per heavy atom. The van der Waals surface area contributed by atoms with Crippen LogP contribution in [0.1, 0.15) is 16.8 Å². The Morgan fingerprint density at radius 3 is 2.68 bits per heavy atom. The van der Waals surface area contributed by atoms with Crippen molar-refractivity contribution in [3.63, 3.8) is 0 Å². The summed E-state index contributed by atoms with van der Waals surface area (Å²) in [6.45, 7) is 2.43. The van der Waals surface area contributed by atoms with Gasteiger partial charge in [-0.05, 0) is 19.1 Å². The monoisotopic (exact) mass is 278 g/mol. The Hall–Kier alpha value is -1.61. The molecule has 0 amide bonds. The highest BCUT2D eigenvalue weighted by Gasteiger charge is 2.10. The van der Waals surface area contributed by atoms with Gasteiger partial charge in [-0.2, -0.15) is 0 Å². The van der Waals surface area contributed by atoms with Gasteiger partial charge in [0, 0.05) is 42.3 Å². The third-order valence-electron chi connectivity index (χ3n) is 3.02. The van der Waals surface area contributed by atoms with Gasteiger partial charge in [-0.1, -0.05) is 18.2 Å². The Labute approximate surface area is 117 Å². The zero-order valence-corrected chi connectivity index (χ0v) is 11.8. The molecule has 0 unspecified atom stereocenters. The van der Waals surface area contributed by atoms with Gasteiger partial charge in [0.25, 0.3) is 0 Å². The molecule has 100 valence electrons. The lowest BCUT2D eigenvalue weighted by molar-refractivity contribution is 0.608. The molecule has 1 heterocycles. The standard InChI is InChI=1S/C15H16ClFN2/c1-11-7-15(13(8-16)9-18-11)19(2)10-12-5-3-4-6-14(12)17/h3-7,9H,8,10H2,1-2H3. The molecule has 0 fully saturated rings. The van der Waals surface area contributed by atoms with Crippen LogP contribution in [-0.4, -0.2) is 12.0 Å². The molecule has 0 aliphatic carbocycles. The van der Waals surface area contributed by atoms with Gasteiger partial charge < -0.3 is 4.90 Å². The van der Waals surface area contributed by atoms with Gasteiger partial charge in [0.05, 0.1) is 5.88 Å². The van der Waals surface area contributed by atoms with Crippen molar-refractivity contribution in [3.05, 3.63) is 59.2 Å². The van der Waals surface area contributed by atoms with Crippen molar-refractivity contribution in [1.29, 1.82) is 0 Å². The summed E-state index contributed by atoms with van der Waals surface area (Å²) in [5.41, 5.74) is 3.53. The second kappa shape index (κ2) is 6.02. The summed E-state index contributed by atoms with van der Waals surface area (Å²) in [6.07, 6.45) is 1.77. The van der Waals surface area contributed by atoms with E-state index in [0.29, 0.717) is 18.0 Å². The molecular formula is C15H16ClFN2. The summed E-state index contributed by atoms with van der Waals surface area (Å²) < 4.78 is 13.7. The summed E-state index contributed by atoms with van der Waals surface area (Å²) in [5.74, 6) is 0.206. The fourth-order valence-electron chi connectivity index (χ4n) is 2.00. The average Bonchev–Trinajstić information content (AvgIpc) is 2.41. The molecule has 2 aromatic rings. The van der Waals surface area contributed by atoms with Crippen LogP contribution in [0.25, 0.3) is 0 Å². The number of hydrogen-bond donors (Lipinski definition) is 0. The normalized spacial score (nSPS) is 10.5. The molecule has 2 nitrogen and oxygen atoms in total. The third-order valence-corrected chi connectivity index (χ3v) is 3.31. The number of alkyl halides is 1. The van der Waals surface area contributed by atoms with Gasteiger partial charge in [0.15, 0.2) is 0 Å². The summed E-state index contributed by atoms with van der Waals surface area (Å²) in [7, 11) is 1.93. The van der Waals surface area contributed by atoms with E-state index in [0.717, 1.165) is 16.9 Å². The summed E-state index contributed by atoms with van der Waals surface area (Å²) >= 11 is 5.92. The smallest absolute Gasteiger partial charge is 0.128 e. The van der Waals surface area contributed by atoms with Crippen LogP contribution >= 0.6 is 11.6 Å². The highest BCUT2D eigenvalue weighted by Crippen LogP contribution is 2.23. The highest BCUT2D eigenvalue weighted by atomic mass is 35.5. The van der Waals surface area contributed by atoms with Crippen LogP contribution < -0.4 is 4.90 Å². The van der Waals surface area contributed by atoms with Crippen LogP contribution in [0.5, 0.6) is 0 Å². The highest BCUT2D eigenvalue weighted by molar-refractivity contribution is 6.17. The molecule has 0 atom stereocenters. The average molecular weight is 279 g/mol. The van der Waals surface area contributed by atoms with E-state index in [9.17, 15) is 4.39 Å². The topological polar surface area (TPSA) is 16.1 Å². The predicted octanol–water partition coefficient (Wildman–Crippen LogP) is 3.90. The second-order valence-electron chi connectivity index (χ2n) is 4.54. The molecule has 19 heavy (non-hydrogen) atoms. The van der Waals surface area contributed by atoms with Gasteiger partial charge in [0.1, 0.15) is 5.82 Å². The largest absolute Gasteiger partial charge is 0.370 e. The van der Waals surface area contributed by atoms with E-state index in [1.165, 1.54) is 6.07 Å². The first-order valence-corrected chi connectivity index (χ1v) is 6.61. The zero-order valence-electron chi connectivity index (χ0n) is 11.0. The number of anilines is 1. The maximum Gasteiger partial charge on any atom is 0.128 e. The number of aromatic nitrogens is 1. The van der Waals surface area contributed by atoms with E-state index in [-0.39, 0.29) is 5.82 Å². The van der Waals surface area contributed by atoms with Crippen molar-refractivity contribution in [1.82, 2.24) is 4.98 Å². The van der Waals surface area contributed by atoms with E-state index in [1.807, 2.05) is 31.0 Å². The fourth-order valence-corrected chi connectivity index (χ4v) is 2.21. The molecule has 2 rings (SSSR count). The molecule has 0 saturated carbocycles. The van der Waals surface area contributed by atoms with Gasteiger partial charge in [0.2, 0.25) is 0 Å². The number of nitrogens with zero attached hydrogens (tertiary/aromatic N) is 2. The molecule has 0 spiro atoms. The molecule has 0 saturated heterocycles. The second-order valence-corrected chi connectivity index (χ2v) is 4.80. The quantitative estimate of drug-likeness (QED) is 0.789. The number of halogens is 2. The Kier molecular flexibility index (Phi) is 4.38. The Bertz CT molecular complexity index is 572. The van der Waals surface area contributed by atoms with Crippen molar-refractivity contribution in [2.75, 3.05) is 11.9 Å². The van der Waals surface area contributed by atoms with E-state index < -0.39 is 0 Å². The fraction of sp³-hybridized carbons (Fsp3) is 0.267. The molecule has 0 aliphatic heterocycles. The SMILES string of the molecule is Cc1cc(N(C)Cc2ccccc2F)c(CCl)cn1. The van der Waals surface area contributed by atoms with E-state index in [4.69, 9.17) is 11.6 Å². The van der Waals surface area contributed by atoms with Crippen LogP contribution in [-0.2, 0) is 12.4 Å². The zero-order chi connectivity index (χ0) is 13.8. The van der Waals surface area contributed by atoms with E-state index in [1.54, 1.807) is 18.3 Å². The summed E-state index contributed by atoms with van der Waals surface area (Å²) in [5, 5.41) is 0. The lowest BCUT2D eigenvalue weighted by Gasteiger charge is -2.22. The number of aryl methyl sites for hydroxylation is 1. The molecule has 4 heteroatoms. The first-order chi connectivity index (χ1) is 9.11. The first-order valence-electron chi connectivity index (χ1n) is 6.08. The van der Waals surface area contributed by atoms with Gasteiger partial charge in [-0.3, -0.25) is 4.98 Å². The number of pyridine rings is 1. The maximum atomic E-state index is 13.7. The van der Waals surface area contributed by atoms with Gasteiger partial charge >= 0.3 is 0 Å². The Balaban J connectivity index is 2.27. The van der Waals surface area contributed by atoms with Crippen LogP contribution in [0, 0.1) is 12.7 Å². The summed E-state index contributed by atoms with van der Waals surface area (Å²) in [4.78, 5) is 6.22. The molecule has 0 N–H and O–H groups in total. The molecular weight excluding hydrogens is 263 g/mol. The van der Waals surface area contributed by atoms with Crippen LogP contribution in [0.3, 0.4) is 0 Å². The van der Waals surface area contributed by atoms with Crippen molar-refractivity contribution < 1.29 is 4.39 Å². The van der Waals surface area contributed by atoms with Crippen molar-refractivity contribution in [2.45, 2.75) is 19.3 Å². The van der Waals surface area contributed by atoms with Crippen LogP contribution in [0.15, 0.2) is 36.5 Å². The molecule has 1 aromatic heterocycles. The number of benzene rings is 1. The van der Waals surface area contributed by atoms with Crippen molar-refractivity contribution in [3.8, 4) is 0 Å². The van der Waals surface area contributed by atoms with Crippen LogP contribution in [0.2, 0.25) is 0 Å². The third kappa shape index (κ3) is 3.24. The van der Waals surface area contributed by atoms with Gasteiger partial charge in [-0.25, -0.2) is 4.39 Å². The minimum atomic E-state index is -0.187. The van der Waals surface area contributed by atoms with Gasteiger partial charge in [-0.15, -0.1) is 11.6 Å². The van der Waals surface area contributed by atoms with Crippen LogP contribution in [0.4, 0.5) is 10.1 Å². The van der Waals surface area contributed by atoms with Crippen molar-refractivity contribution in [2.24, 2.45) is 0 Å². The number of rotatable bonds is 4. The minimum Gasteiger partial charge on any atom is -0.370 e. The minimum absolute atomic E-state index is 0.187. The summed E-state index contributed by atoms with van der Waals surface area (Å²) in [6, 6.07) is 8.77. The van der Waals surface area contributed by atoms with E-state index in [2.05, 4.69) is 4.98 Å². The molecule has 0 radical (unpaired) electrons. The predicted molar refractivity (Wildman–Crippen MR) is 77.0 cm³/mol. The first kappa shape index (κ1) is 13.8.